The third kappa shape index (κ3) is 5.20. The molecule has 0 fully saturated rings. The molecule has 164 valence electrons. The number of Topliss-reactive ketones (excluding diaryl/α,β-unsaturated/α-hetero) is 1. The van der Waals surface area contributed by atoms with Crippen molar-refractivity contribution in [3.63, 3.8) is 0 Å². The minimum absolute atomic E-state index is 0.0478. The molecule has 0 bridgehead atoms. The van der Waals surface area contributed by atoms with Gasteiger partial charge in [0.25, 0.3) is 0 Å². The summed E-state index contributed by atoms with van der Waals surface area (Å²) >= 11 is 0. The van der Waals surface area contributed by atoms with Crippen LogP contribution in [0.25, 0.3) is 0 Å². The number of esters is 1. The molecule has 0 amide bonds. The summed E-state index contributed by atoms with van der Waals surface area (Å²) in [7, 11) is 1.22. The average Bonchev–Trinajstić information content (AvgIpc) is 3.07. The second-order valence-corrected chi connectivity index (χ2v) is 8.03. The number of nitrogens with zero attached hydrogens (tertiary/aromatic N) is 1. The highest BCUT2D eigenvalue weighted by Gasteiger charge is 2.38. The van der Waals surface area contributed by atoms with E-state index in [0.29, 0.717) is 0 Å². The third-order valence-electron chi connectivity index (χ3n) is 5.53. The van der Waals surface area contributed by atoms with Crippen LogP contribution in [0.4, 0.5) is 10.1 Å². The Hall–Kier alpha value is -2.99. The number of methoxy groups -OCH3 is 1. The Morgan fingerprint density at radius 3 is 2.48 bits per heavy atom. The molecule has 3 atom stereocenters. The van der Waals surface area contributed by atoms with E-state index in [0.717, 1.165) is 16.8 Å². The zero-order valence-electron chi connectivity index (χ0n) is 18.0. The maximum Gasteiger partial charge on any atom is 0.313 e. The lowest BCUT2D eigenvalue weighted by Crippen LogP contribution is -2.38. The lowest BCUT2D eigenvalue weighted by Gasteiger charge is -2.32. The molecule has 1 heterocycles. The second kappa shape index (κ2) is 9.88. The van der Waals surface area contributed by atoms with E-state index in [1.54, 1.807) is 18.2 Å². The van der Waals surface area contributed by atoms with Crippen molar-refractivity contribution in [3.05, 3.63) is 77.6 Å². The zero-order valence-corrected chi connectivity index (χ0v) is 18.0. The number of aliphatic hydroxyl groups is 1. The van der Waals surface area contributed by atoms with Crippen molar-refractivity contribution in [2.75, 3.05) is 12.0 Å². The number of aliphatic hydroxyl groups excluding tert-OH is 1. The number of ketones is 1. The summed E-state index contributed by atoms with van der Waals surface area (Å²) in [6.07, 6.45) is 1.99. The number of hydrogen-bond acceptors (Lipinski definition) is 5. The van der Waals surface area contributed by atoms with Crippen LogP contribution in [0.15, 0.2) is 60.7 Å². The predicted molar refractivity (Wildman–Crippen MR) is 117 cm³/mol. The average molecular weight is 426 g/mol. The van der Waals surface area contributed by atoms with Crippen molar-refractivity contribution in [1.82, 2.24) is 0 Å². The molecule has 1 aliphatic rings. The van der Waals surface area contributed by atoms with E-state index in [9.17, 15) is 19.1 Å². The van der Waals surface area contributed by atoms with Crippen molar-refractivity contribution in [2.45, 2.75) is 50.8 Å². The van der Waals surface area contributed by atoms with Gasteiger partial charge in [-0.25, -0.2) is 4.39 Å². The Morgan fingerprint density at radius 2 is 1.84 bits per heavy atom. The van der Waals surface area contributed by atoms with Crippen molar-refractivity contribution < 1.29 is 23.8 Å². The van der Waals surface area contributed by atoms with Crippen LogP contribution in [0, 0.1) is 5.82 Å². The van der Waals surface area contributed by atoms with Gasteiger partial charge in [0.1, 0.15) is 18.0 Å². The predicted octanol–water partition coefficient (Wildman–Crippen LogP) is 3.99. The van der Waals surface area contributed by atoms with Gasteiger partial charge in [0, 0.05) is 24.1 Å². The van der Waals surface area contributed by atoms with Crippen LogP contribution in [0.3, 0.4) is 0 Å². The molecule has 3 rings (SSSR count). The Morgan fingerprint density at radius 1 is 1.16 bits per heavy atom. The second-order valence-electron chi connectivity index (χ2n) is 8.03. The summed E-state index contributed by atoms with van der Waals surface area (Å²) in [5.41, 5.74) is 3.20. The topological polar surface area (TPSA) is 66.8 Å². The molecule has 0 spiro atoms. The number of ether oxygens (including phenoxy) is 1. The Balaban J connectivity index is 1.89. The number of hydrogen-bond donors (Lipinski definition) is 1. The van der Waals surface area contributed by atoms with E-state index in [-0.39, 0.29) is 42.4 Å². The monoisotopic (exact) mass is 425 g/mol. The molecule has 31 heavy (non-hydrogen) atoms. The summed E-state index contributed by atoms with van der Waals surface area (Å²) in [6.45, 7) is 4.20. The molecular weight excluding hydrogens is 397 g/mol. The van der Waals surface area contributed by atoms with Gasteiger partial charge in [-0.1, -0.05) is 42.5 Å². The van der Waals surface area contributed by atoms with Gasteiger partial charge in [-0.05, 0) is 43.2 Å². The molecule has 0 saturated heterocycles. The van der Waals surface area contributed by atoms with Crippen LogP contribution in [-0.2, 0) is 14.3 Å². The molecule has 0 radical (unpaired) electrons. The van der Waals surface area contributed by atoms with Gasteiger partial charge in [-0.3, -0.25) is 9.59 Å². The summed E-state index contributed by atoms with van der Waals surface area (Å²) in [5.74, 6) is -1.33. The van der Waals surface area contributed by atoms with Crippen molar-refractivity contribution in [1.29, 1.82) is 0 Å². The lowest BCUT2D eigenvalue weighted by molar-refractivity contribution is -0.143. The normalized spacial score (nSPS) is 19.0. The number of anilines is 1. The fourth-order valence-electron chi connectivity index (χ4n) is 4.21. The van der Waals surface area contributed by atoms with Gasteiger partial charge in [0.2, 0.25) is 0 Å². The van der Waals surface area contributed by atoms with Gasteiger partial charge >= 0.3 is 5.97 Å². The van der Waals surface area contributed by atoms with Crippen molar-refractivity contribution >= 4 is 17.4 Å². The Bertz CT molecular complexity index is 954. The number of fused-ring (bicyclic) bond motifs is 1. The fourth-order valence-corrected chi connectivity index (χ4v) is 4.21. The molecule has 0 saturated carbocycles. The van der Waals surface area contributed by atoms with Crippen molar-refractivity contribution in [2.24, 2.45) is 0 Å². The maximum absolute atomic E-state index is 13.5. The molecule has 1 N–H and O–H groups in total. The number of benzene rings is 2. The maximum atomic E-state index is 13.5. The molecular formula is C25H28FNO4. The number of carbonyl (C=O) groups is 2. The molecule has 2 aromatic carbocycles. The quantitative estimate of drug-likeness (QED) is 0.394. The van der Waals surface area contributed by atoms with Crippen LogP contribution in [0.5, 0.6) is 0 Å². The molecule has 1 aliphatic heterocycles. The van der Waals surface area contributed by atoms with E-state index in [4.69, 9.17) is 0 Å². The highest BCUT2D eigenvalue weighted by molar-refractivity contribution is 5.95. The van der Waals surface area contributed by atoms with Gasteiger partial charge in [-0.2, -0.15) is 0 Å². The lowest BCUT2D eigenvalue weighted by atomic mass is 9.87. The third-order valence-corrected chi connectivity index (χ3v) is 5.53. The van der Waals surface area contributed by atoms with E-state index < -0.39 is 12.1 Å². The summed E-state index contributed by atoms with van der Waals surface area (Å²) in [5, 5.41) is 10.4. The van der Waals surface area contributed by atoms with Crippen molar-refractivity contribution in [3.8, 4) is 0 Å². The number of halogens is 1. The first-order valence-corrected chi connectivity index (χ1v) is 10.4. The molecule has 2 aromatic rings. The first kappa shape index (κ1) is 22.7. The largest absolute Gasteiger partial charge is 0.469 e. The van der Waals surface area contributed by atoms with Gasteiger partial charge in [-0.15, -0.1) is 0 Å². The van der Waals surface area contributed by atoms with Crippen LogP contribution in [-0.4, -0.2) is 42.2 Å². The molecule has 0 unspecified atom stereocenters. The van der Waals surface area contributed by atoms with Crippen LogP contribution in [0.1, 0.15) is 43.7 Å². The van der Waals surface area contributed by atoms with E-state index in [1.807, 2.05) is 18.2 Å². The smallest absolute Gasteiger partial charge is 0.313 e. The van der Waals surface area contributed by atoms with E-state index >= 15 is 0 Å². The Kier molecular flexibility index (Phi) is 7.23. The molecule has 5 nitrogen and oxygen atoms in total. The number of para-hydroxylation sites is 1. The number of rotatable bonds is 8. The van der Waals surface area contributed by atoms with Crippen LogP contribution < -0.4 is 4.90 Å². The van der Waals surface area contributed by atoms with Crippen LogP contribution in [0.2, 0.25) is 0 Å². The summed E-state index contributed by atoms with van der Waals surface area (Å²) < 4.78 is 18.0. The highest BCUT2D eigenvalue weighted by atomic mass is 19.1. The minimum atomic E-state index is -1.01. The highest BCUT2D eigenvalue weighted by Crippen LogP contribution is 2.46. The standard InChI is InChI=1S/C25H28FNO4/c1-16(2)27-22-7-5-4-6-21(22)25(17-8-10-18(26)11-9-17)23(27)13-12-19(28)14-20(29)15-24(30)31-3/h4-13,16,19,23,25,28H,14-15H2,1-3H3/b13-12+/t19-,23-,25-/m1/s1. The first-order valence-electron chi connectivity index (χ1n) is 10.4. The van der Waals surface area contributed by atoms with Gasteiger partial charge in [0.05, 0.1) is 19.3 Å². The first-order chi connectivity index (χ1) is 14.8. The summed E-state index contributed by atoms with van der Waals surface area (Å²) in [4.78, 5) is 25.5. The summed E-state index contributed by atoms with van der Waals surface area (Å²) in [6, 6.07) is 14.7. The van der Waals surface area contributed by atoms with E-state index in [2.05, 4.69) is 35.6 Å². The molecule has 0 aromatic heterocycles. The SMILES string of the molecule is COC(=O)CC(=O)C[C@H](O)/C=C/[C@@H]1[C@H](c2ccc(F)cc2)c2ccccc2N1C(C)C. The van der Waals surface area contributed by atoms with E-state index in [1.165, 1.54) is 19.2 Å². The zero-order chi connectivity index (χ0) is 22.5. The van der Waals surface area contributed by atoms with Gasteiger partial charge < -0.3 is 14.7 Å². The van der Waals surface area contributed by atoms with Gasteiger partial charge in [0.15, 0.2) is 0 Å². The number of carbonyl (C=O) groups excluding carboxylic acids is 2. The molecule has 6 heteroatoms. The van der Waals surface area contributed by atoms with Crippen LogP contribution >= 0.6 is 0 Å². The molecule has 0 aliphatic carbocycles. The minimum Gasteiger partial charge on any atom is -0.469 e. The fraction of sp³-hybridized carbons (Fsp3) is 0.360. The Labute approximate surface area is 182 Å².